The Labute approximate surface area is 390 Å². The van der Waals surface area contributed by atoms with Gasteiger partial charge in [0.25, 0.3) is 0 Å². The van der Waals surface area contributed by atoms with Crippen LogP contribution in [-0.2, 0) is 43.5 Å². The molecule has 2 fully saturated rings. The number of fused-ring (bicyclic) bond motifs is 2. The molecule has 368 valence electrons. The summed E-state index contributed by atoms with van der Waals surface area (Å²) in [6.45, 7) is 1.77. The molecule has 0 aromatic carbocycles. The van der Waals surface area contributed by atoms with Gasteiger partial charge in [-0.15, -0.1) is 0 Å². The Bertz CT molecular complexity index is 2170. The highest BCUT2D eigenvalue weighted by molar-refractivity contribution is 7.48. The number of nitrogen functional groups attached to an aromatic ring is 2. The fraction of sp³-hybridized carbons (Fsp3) is 0.689. The minimum absolute atomic E-state index is 0.0439. The number of nitriles is 2. The highest BCUT2D eigenvalue weighted by Crippen LogP contribution is 2.52. The van der Waals surface area contributed by atoms with Crippen LogP contribution >= 0.6 is 7.82 Å². The second kappa shape index (κ2) is 24.8. The number of aromatic nitrogens is 6. The molecule has 21 nitrogen and oxygen atoms in total. The Morgan fingerprint density at radius 1 is 0.627 bits per heavy atom. The summed E-state index contributed by atoms with van der Waals surface area (Å²) in [4.78, 5) is 7.87. The van der Waals surface area contributed by atoms with Crippen LogP contribution in [0.25, 0.3) is 11.0 Å². The molecule has 0 radical (unpaired) electrons. The lowest BCUT2D eigenvalue weighted by Gasteiger charge is -2.25. The van der Waals surface area contributed by atoms with Crippen LogP contribution in [0.2, 0.25) is 0 Å². The molecule has 8 N–H and O–H groups in total. The SMILES string of the molecule is CCCCCCCCCCCCCCCCCOCCCCOP(=O)(OC[C@H]1O[C@@](C#N)(c2ccc3c(N)ncnn23)[C@H](O)[C@@H]1O)OC[C@H]1O[C@@](C#N)(c2ccc3c(N)ncnn23)[C@H](O)[C@@H]1O. The van der Waals surface area contributed by atoms with Crippen molar-refractivity contribution in [1.29, 1.82) is 10.5 Å². The average Bonchev–Trinajstić information content (AvgIpc) is 4.09. The van der Waals surface area contributed by atoms with Gasteiger partial charge in [0.2, 0.25) is 11.2 Å². The molecule has 2 aliphatic heterocycles. The van der Waals surface area contributed by atoms with Gasteiger partial charge in [0.05, 0.1) is 31.2 Å². The van der Waals surface area contributed by atoms with E-state index in [9.17, 15) is 35.5 Å². The second-order valence-electron chi connectivity index (χ2n) is 17.3. The minimum Gasteiger partial charge on any atom is -0.387 e. The molecule has 8 atom stereocenters. The number of ether oxygens (including phenoxy) is 3. The van der Waals surface area contributed by atoms with E-state index in [1.807, 2.05) is 12.1 Å². The lowest BCUT2D eigenvalue weighted by molar-refractivity contribution is -0.0740. The van der Waals surface area contributed by atoms with Crippen LogP contribution in [0.15, 0.2) is 36.9 Å². The molecule has 67 heavy (non-hydrogen) atoms. The number of hydrogen-bond donors (Lipinski definition) is 6. The van der Waals surface area contributed by atoms with Gasteiger partial charge in [0.15, 0.2) is 11.6 Å². The fourth-order valence-electron chi connectivity index (χ4n) is 8.70. The predicted molar refractivity (Wildman–Crippen MR) is 244 cm³/mol. The molecule has 2 aliphatic rings. The van der Waals surface area contributed by atoms with Gasteiger partial charge < -0.3 is 46.1 Å². The minimum atomic E-state index is -4.66. The van der Waals surface area contributed by atoms with E-state index in [4.69, 9.17) is 39.2 Å². The molecular formula is C45H67N10O11P. The van der Waals surface area contributed by atoms with Gasteiger partial charge in [-0.1, -0.05) is 96.8 Å². The largest absolute Gasteiger partial charge is 0.474 e. The summed E-state index contributed by atoms with van der Waals surface area (Å²) in [5, 5.41) is 73.7. The highest BCUT2D eigenvalue weighted by atomic mass is 31.2. The number of aliphatic hydroxyl groups excluding tert-OH is 4. The summed E-state index contributed by atoms with van der Waals surface area (Å²) in [5.74, 6) is 0.196. The van der Waals surface area contributed by atoms with Gasteiger partial charge in [-0.3, -0.25) is 13.6 Å². The zero-order valence-electron chi connectivity index (χ0n) is 38.3. The van der Waals surface area contributed by atoms with Crippen molar-refractivity contribution in [2.24, 2.45) is 0 Å². The highest BCUT2D eigenvalue weighted by Gasteiger charge is 2.59. The molecule has 4 aromatic heterocycles. The van der Waals surface area contributed by atoms with Crippen molar-refractivity contribution in [3.8, 4) is 12.1 Å². The smallest absolute Gasteiger partial charge is 0.387 e. The van der Waals surface area contributed by atoms with Crippen LogP contribution < -0.4 is 11.5 Å². The number of nitrogens with two attached hydrogens (primary N) is 2. The summed E-state index contributed by atoms with van der Waals surface area (Å²) in [6, 6.07) is 9.82. The number of nitrogens with zero attached hydrogens (tertiary/aromatic N) is 8. The number of phosphoric ester groups is 1. The number of unbranched alkanes of at least 4 members (excludes halogenated alkanes) is 15. The van der Waals surface area contributed by atoms with Crippen molar-refractivity contribution >= 4 is 30.5 Å². The van der Waals surface area contributed by atoms with Crippen molar-refractivity contribution < 1.29 is 52.8 Å². The summed E-state index contributed by atoms with van der Waals surface area (Å²) in [6.07, 6.45) is 12.4. The third-order valence-corrected chi connectivity index (χ3v) is 14.0. The number of phosphoric acid groups is 1. The molecule has 6 rings (SSSR count). The maximum absolute atomic E-state index is 14.4. The Morgan fingerprint density at radius 3 is 1.43 bits per heavy atom. The Hall–Kier alpha value is -4.35. The molecule has 22 heteroatoms. The first-order chi connectivity index (χ1) is 32.4. The predicted octanol–water partition coefficient (Wildman–Crippen LogP) is 5.14. The third-order valence-electron chi connectivity index (χ3n) is 12.6. The van der Waals surface area contributed by atoms with Crippen molar-refractivity contribution in [1.82, 2.24) is 29.2 Å². The maximum atomic E-state index is 14.4. The van der Waals surface area contributed by atoms with Crippen molar-refractivity contribution in [3.05, 3.63) is 48.3 Å². The zero-order chi connectivity index (χ0) is 47.9. The number of anilines is 2. The van der Waals surface area contributed by atoms with E-state index in [0.717, 1.165) is 25.5 Å². The van der Waals surface area contributed by atoms with E-state index in [-0.39, 0.29) is 29.6 Å². The number of hydrogen-bond acceptors (Lipinski definition) is 19. The standard InChI is InChI=1S/C45H67N10O11P/c1-2-3-4-5-6-7-8-9-10-11-12-13-14-15-16-23-61-24-17-18-25-62-67(60,63-26-34-38(56)40(58)44(28-46,65-34)36-21-19-32-42(48)50-30-52-54(32)36)64-27-35-39(57)41(59)45(29-47,66-35)37-22-20-33-43(49)51-31-53-55(33)37/h19-22,30-31,34-35,38-41,56-59H,2-18,23-27H2,1H3,(H2,48,50,52)(H2,49,51,53)/t34-,35-,38-,39-,40-,41-,44+,45+/m1/s1. The Morgan fingerprint density at radius 2 is 1.01 bits per heavy atom. The summed E-state index contributed by atoms with van der Waals surface area (Å²) in [5.41, 5.74) is 8.34. The molecule has 0 unspecified atom stereocenters. The van der Waals surface area contributed by atoms with Gasteiger partial charge in [-0.05, 0) is 43.5 Å². The number of rotatable bonds is 30. The van der Waals surface area contributed by atoms with Crippen molar-refractivity contribution in [3.63, 3.8) is 0 Å². The van der Waals surface area contributed by atoms with Crippen LogP contribution in [0.1, 0.15) is 127 Å². The molecule has 0 saturated carbocycles. The van der Waals surface area contributed by atoms with Gasteiger partial charge in [-0.25, -0.2) is 23.6 Å². The van der Waals surface area contributed by atoms with Gasteiger partial charge in [-0.2, -0.15) is 20.7 Å². The molecular weight excluding hydrogens is 888 g/mol. The normalized spacial score (nSPS) is 25.3. The first-order valence-electron chi connectivity index (χ1n) is 23.6. The van der Waals surface area contributed by atoms with E-state index in [0.29, 0.717) is 37.1 Å². The van der Waals surface area contributed by atoms with Crippen LogP contribution in [0.3, 0.4) is 0 Å². The topological polar surface area (TPSA) is 313 Å². The molecule has 0 amide bonds. The van der Waals surface area contributed by atoms with Crippen molar-refractivity contribution in [2.45, 2.75) is 164 Å². The fourth-order valence-corrected chi connectivity index (χ4v) is 9.94. The van der Waals surface area contributed by atoms with Crippen LogP contribution in [0.5, 0.6) is 0 Å². The Kier molecular flexibility index (Phi) is 19.2. The second-order valence-corrected chi connectivity index (χ2v) is 19.0. The summed E-state index contributed by atoms with van der Waals surface area (Å²) < 4.78 is 51.8. The zero-order valence-corrected chi connectivity index (χ0v) is 39.2. The Balaban J connectivity index is 0.998. The van der Waals surface area contributed by atoms with E-state index in [1.165, 1.54) is 117 Å². The maximum Gasteiger partial charge on any atom is 0.474 e. The molecule has 0 aliphatic carbocycles. The monoisotopic (exact) mass is 954 g/mol. The third kappa shape index (κ3) is 12.3. The quantitative estimate of drug-likeness (QED) is 0.0291. The average molecular weight is 955 g/mol. The van der Waals surface area contributed by atoms with Gasteiger partial charge in [0.1, 0.15) is 72.5 Å². The number of aliphatic hydroxyl groups is 4. The van der Waals surface area contributed by atoms with E-state index >= 15 is 0 Å². The van der Waals surface area contributed by atoms with Crippen molar-refractivity contribution in [2.75, 3.05) is 44.5 Å². The van der Waals surface area contributed by atoms with E-state index in [2.05, 4.69) is 27.1 Å². The van der Waals surface area contributed by atoms with Crippen LogP contribution in [-0.4, -0.2) is 119 Å². The summed E-state index contributed by atoms with van der Waals surface area (Å²) >= 11 is 0. The summed E-state index contributed by atoms with van der Waals surface area (Å²) in [7, 11) is -4.66. The van der Waals surface area contributed by atoms with E-state index in [1.54, 1.807) is 0 Å². The first-order valence-corrected chi connectivity index (χ1v) is 25.1. The molecule has 6 heterocycles. The molecule has 2 saturated heterocycles. The lowest BCUT2D eigenvalue weighted by Crippen LogP contribution is -2.41. The molecule has 4 aromatic rings. The van der Waals surface area contributed by atoms with Crippen LogP contribution in [0, 0.1) is 22.7 Å². The first kappa shape index (κ1) is 52.0. The van der Waals surface area contributed by atoms with Gasteiger partial charge >= 0.3 is 7.82 Å². The molecule has 0 spiro atoms. The van der Waals surface area contributed by atoms with Gasteiger partial charge in [0, 0.05) is 13.2 Å². The van der Waals surface area contributed by atoms with Crippen LogP contribution in [0.4, 0.5) is 11.6 Å². The van der Waals surface area contributed by atoms with E-state index < -0.39 is 68.9 Å². The lowest BCUT2D eigenvalue weighted by atomic mass is 9.92. The molecule has 0 bridgehead atoms.